The zero-order valence-corrected chi connectivity index (χ0v) is 11.1. The van der Waals surface area contributed by atoms with E-state index in [2.05, 4.69) is 10.1 Å². The minimum absolute atomic E-state index is 0.0526. The highest BCUT2D eigenvalue weighted by atomic mass is 35.5. The average Bonchev–Trinajstić information content (AvgIpc) is 2.67. The van der Waals surface area contributed by atoms with Gasteiger partial charge in [-0.15, -0.1) is 0 Å². The molecule has 0 unspecified atom stereocenters. The Morgan fingerprint density at radius 3 is 2.78 bits per heavy atom. The first-order valence-corrected chi connectivity index (χ1v) is 6.15. The predicted molar refractivity (Wildman–Crippen MR) is 69.9 cm³/mol. The van der Waals surface area contributed by atoms with Crippen molar-refractivity contribution in [3.8, 4) is 0 Å². The minimum atomic E-state index is -0.0526. The summed E-state index contributed by atoms with van der Waals surface area (Å²) in [7, 11) is 1.80. The zero-order valence-electron chi connectivity index (χ0n) is 10.4. The number of hydrogen-bond acceptors (Lipinski definition) is 3. The number of hydrogen-bond donors (Lipinski definition) is 0. The molecule has 0 aliphatic rings. The van der Waals surface area contributed by atoms with Crippen molar-refractivity contribution in [1.29, 1.82) is 0 Å². The minimum Gasteiger partial charge on any atom is -0.292 e. The molecule has 0 aliphatic heterocycles. The Morgan fingerprint density at radius 2 is 2.22 bits per heavy atom. The maximum absolute atomic E-state index is 12.1. The summed E-state index contributed by atoms with van der Waals surface area (Å²) in [5.74, 6) is -0.0526. The van der Waals surface area contributed by atoms with Gasteiger partial charge in [0.25, 0.3) is 0 Å². The second-order valence-electron chi connectivity index (χ2n) is 4.00. The van der Waals surface area contributed by atoms with Crippen LogP contribution in [0.3, 0.4) is 0 Å². The van der Waals surface area contributed by atoms with Crippen molar-refractivity contribution >= 4 is 17.4 Å². The first-order valence-electron chi connectivity index (χ1n) is 5.78. The Labute approximate surface area is 111 Å². The maximum Gasteiger partial charge on any atom is 0.187 e. The van der Waals surface area contributed by atoms with Gasteiger partial charge in [-0.25, -0.2) is 0 Å². The Kier molecular flexibility index (Phi) is 3.77. The molecule has 0 spiro atoms. The van der Waals surface area contributed by atoms with Crippen LogP contribution < -0.4 is 0 Å². The molecule has 2 aromatic heterocycles. The van der Waals surface area contributed by atoms with Crippen molar-refractivity contribution in [3.63, 3.8) is 0 Å². The Hall–Kier alpha value is -1.68. The van der Waals surface area contributed by atoms with Crippen molar-refractivity contribution < 1.29 is 4.79 Å². The summed E-state index contributed by atoms with van der Waals surface area (Å²) in [6.45, 7) is 1.98. The molecule has 0 radical (unpaired) electrons. The lowest BCUT2D eigenvalue weighted by Crippen LogP contribution is -2.09. The topological polar surface area (TPSA) is 47.8 Å². The lowest BCUT2D eigenvalue weighted by Gasteiger charge is -2.02. The number of nitrogens with zero attached hydrogens (tertiary/aromatic N) is 3. The summed E-state index contributed by atoms with van der Waals surface area (Å²) >= 11 is 6.21. The van der Waals surface area contributed by atoms with Crippen molar-refractivity contribution in [2.24, 2.45) is 7.05 Å². The number of carbonyl (C=O) groups is 1. The lowest BCUT2D eigenvalue weighted by atomic mass is 10.1. The molecule has 0 saturated carbocycles. The van der Waals surface area contributed by atoms with Crippen LogP contribution in [0.4, 0.5) is 0 Å². The average molecular weight is 264 g/mol. The molecule has 4 nitrogen and oxygen atoms in total. The Bertz CT molecular complexity index is 563. The van der Waals surface area contributed by atoms with Gasteiger partial charge < -0.3 is 0 Å². The quantitative estimate of drug-likeness (QED) is 0.796. The van der Waals surface area contributed by atoms with E-state index in [1.165, 1.54) is 0 Å². The third-order valence-corrected chi connectivity index (χ3v) is 3.22. The Morgan fingerprint density at radius 1 is 1.44 bits per heavy atom. The molecule has 18 heavy (non-hydrogen) atoms. The van der Waals surface area contributed by atoms with Crippen molar-refractivity contribution in [2.75, 3.05) is 0 Å². The zero-order chi connectivity index (χ0) is 13.1. The summed E-state index contributed by atoms with van der Waals surface area (Å²) in [5.41, 5.74) is 2.01. The van der Waals surface area contributed by atoms with Gasteiger partial charge in [0, 0.05) is 13.2 Å². The number of halogens is 1. The fourth-order valence-corrected chi connectivity index (χ4v) is 2.14. The van der Waals surface area contributed by atoms with Crippen LogP contribution in [0.1, 0.15) is 28.8 Å². The first-order chi connectivity index (χ1) is 8.63. The lowest BCUT2D eigenvalue weighted by molar-refractivity contribution is 0.0986. The van der Waals surface area contributed by atoms with E-state index in [9.17, 15) is 4.79 Å². The van der Waals surface area contributed by atoms with Gasteiger partial charge in [-0.05, 0) is 18.6 Å². The molecule has 2 aromatic rings. The molecule has 0 N–H and O–H groups in total. The van der Waals surface area contributed by atoms with Gasteiger partial charge in [-0.3, -0.25) is 14.5 Å². The van der Waals surface area contributed by atoms with Crippen LogP contribution in [0.2, 0.25) is 5.02 Å². The van der Waals surface area contributed by atoms with Crippen LogP contribution >= 0.6 is 11.6 Å². The number of rotatable bonds is 4. The molecule has 0 amide bonds. The van der Waals surface area contributed by atoms with Gasteiger partial charge in [-0.2, -0.15) is 5.10 Å². The summed E-state index contributed by atoms with van der Waals surface area (Å²) in [6, 6.07) is 5.28. The van der Waals surface area contributed by atoms with Crippen molar-refractivity contribution in [2.45, 2.75) is 19.8 Å². The van der Waals surface area contributed by atoms with Gasteiger partial charge in [0.1, 0.15) is 5.69 Å². The number of carbonyl (C=O) groups excluding carboxylic acids is 1. The van der Waals surface area contributed by atoms with E-state index in [1.54, 1.807) is 36.1 Å². The molecule has 5 heteroatoms. The van der Waals surface area contributed by atoms with Crippen LogP contribution in [-0.4, -0.2) is 20.5 Å². The standard InChI is InChI=1S/C13H14ClN3O/c1-3-9-13(14)11(17(2)16-9)8-12(18)10-6-4-5-7-15-10/h4-7H,3,8H2,1-2H3. The first kappa shape index (κ1) is 12.8. The van der Waals surface area contributed by atoms with Crippen LogP contribution in [0, 0.1) is 0 Å². The molecule has 2 heterocycles. The number of aryl methyl sites for hydroxylation is 2. The van der Waals surface area contributed by atoms with Crippen molar-refractivity contribution in [1.82, 2.24) is 14.8 Å². The fraction of sp³-hybridized carbons (Fsp3) is 0.308. The van der Waals surface area contributed by atoms with Crippen LogP contribution in [0.25, 0.3) is 0 Å². The number of ketones is 1. The van der Waals surface area contributed by atoms with Crippen LogP contribution in [-0.2, 0) is 19.9 Å². The van der Waals surface area contributed by atoms with Crippen molar-refractivity contribution in [3.05, 3.63) is 46.5 Å². The van der Waals surface area contributed by atoms with E-state index < -0.39 is 0 Å². The Balaban J connectivity index is 2.25. The number of Topliss-reactive ketones (excluding diaryl/α,β-unsaturated/α-hetero) is 1. The van der Waals surface area contributed by atoms with E-state index >= 15 is 0 Å². The molecular formula is C13H14ClN3O. The predicted octanol–water partition coefficient (Wildman–Crippen LogP) is 2.46. The number of pyridine rings is 1. The van der Waals surface area contributed by atoms with E-state index in [1.807, 2.05) is 6.92 Å². The second kappa shape index (κ2) is 5.31. The number of aromatic nitrogens is 3. The molecule has 0 saturated heterocycles. The molecule has 0 aliphatic carbocycles. The molecule has 94 valence electrons. The third-order valence-electron chi connectivity index (χ3n) is 2.78. The highest BCUT2D eigenvalue weighted by molar-refractivity contribution is 6.32. The van der Waals surface area contributed by atoms with Gasteiger partial charge in [-0.1, -0.05) is 24.6 Å². The summed E-state index contributed by atoms with van der Waals surface area (Å²) in [4.78, 5) is 16.1. The van der Waals surface area contributed by atoms with Gasteiger partial charge >= 0.3 is 0 Å². The molecule has 0 atom stereocenters. The monoisotopic (exact) mass is 263 g/mol. The van der Waals surface area contributed by atoms with Gasteiger partial charge in [0.05, 0.1) is 22.8 Å². The molecular weight excluding hydrogens is 250 g/mol. The molecule has 2 rings (SSSR count). The summed E-state index contributed by atoms with van der Waals surface area (Å²) < 4.78 is 1.67. The second-order valence-corrected chi connectivity index (χ2v) is 4.38. The van der Waals surface area contributed by atoms with Gasteiger partial charge in [0.2, 0.25) is 0 Å². The third kappa shape index (κ3) is 2.43. The maximum atomic E-state index is 12.1. The summed E-state index contributed by atoms with van der Waals surface area (Å²) in [6.07, 6.45) is 2.58. The van der Waals surface area contributed by atoms with Crippen LogP contribution in [0.5, 0.6) is 0 Å². The van der Waals surface area contributed by atoms with E-state index in [-0.39, 0.29) is 12.2 Å². The smallest absolute Gasteiger partial charge is 0.187 e. The fourth-order valence-electron chi connectivity index (χ4n) is 1.78. The van der Waals surface area contributed by atoms with E-state index in [0.29, 0.717) is 10.7 Å². The molecule has 0 aromatic carbocycles. The summed E-state index contributed by atoms with van der Waals surface area (Å²) in [5, 5.41) is 4.87. The van der Waals surface area contributed by atoms with Crippen LogP contribution in [0.15, 0.2) is 24.4 Å². The van der Waals surface area contributed by atoms with E-state index in [0.717, 1.165) is 17.8 Å². The van der Waals surface area contributed by atoms with Gasteiger partial charge in [0.15, 0.2) is 5.78 Å². The van der Waals surface area contributed by atoms with E-state index in [4.69, 9.17) is 11.6 Å². The highest BCUT2D eigenvalue weighted by Crippen LogP contribution is 2.22. The molecule has 0 bridgehead atoms. The highest BCUT2D eigenvalue weighted by Gasteiger charge is 2.17. The normalized spacial score (nSPS) is 10.6. The largest absolute Gasteiger partial charge is 0.292 e. The molecule has 0 fully saturated rings. The SMILES string of the molecule is CCc1nn(C)c(CC(=O)c2ccccn2)c1Cl.